The number of azide groups is 1. The van der Waals surface area contributed by atoms with Crippen molar-refractivity contribution < 1.29 is 21.6 Å². The third-order valence-electron chi connectivity index (χ3n) is 1.61. The molecule has 0 bridgehead atoms. The van der Waals surface area contributed by atoms with Crippen LogP contribution >= 0.6 is 0 Å². The van der Waals surface area contributed by atoms with E-state index in [1.807, 2.05) is 4.91 Å². The van der Waals surface area contributed by atoms with Crippen molar-refractivity contribution in [3.63, 3.8) is 0 Å². The molecule has 0 amide bonds. The Hall–Kier alpha value is -1.73. The average molecular weight is 251 g/mol. The summed E-state index contributed by atoms with van der Waals surface area (Å²) < 4.78 is 62.0. The minimum Gasteiger partial charge on any atom is -0.216 e. The van der Waals surface area contributed by atoms with Crippen molar-refractivity contribution in [3.05, 3.63) is 40.3 Å². The Balaban J connectivity index is 3.53. The van der Waals surface area contributed by atoms with E-state index < -0.39 is 26.7 Å². The lowest BCUT2D eigenvalue weighted by Crippen LogP contribution is -2.11. The van der Waals surface area contributed by atoms with E-state index in [-0.39, 0.29) is 0 Å². The minimum absolute atomic E-state index is 0.597. The first-order valence-corrected chi connectivity index (χ1v) is 5.20. The summed E-state index contributed by atoms with van der Waals surface area (Å²) in [6, 6.07) is 3.47. The molecule has 0 aliphatic heterocycles. The Morgan fingerprint density at radius 2 is 1.81 bits per heavy atom. The first-order valence-electron chi connectivity index (χ1n) is 3.76. The molecule has 0 atom stereocenters. The van der Waals surface area contributed by atoms with E-state index in [2.05, 4.69) is 4.52 Å². The maximum absolute atomic E-state index is 12.4. The Morgan fingerprint density at radius 3 is 2.31 bits per heavy atom. The second-order valence-corrected chi connectivity index (χ2v) is 4.19. The van der Waals surface area contributed by atoms with E-state index in [9.17, 15) is 21.6 Å². The van der Waals surface area contributed by atoms with Gasteiger partial charge in [0.05, 0.1) is 10.5 Å². The van der Waals surface area contributed by atoms with Crippen LogP contribution in [0.4, 0.5) is 13.2 Å². The summed E-state index contributed by atoms with van der Waals surface area (Å²) in [5, 5.41) is 0. The van der Waals surface area contributed by atoms with Crippen molar-refractivity contribution in [3.8, 4) is 0 Å². The van der Waals surface area contributed by atoms with Crippen LogP contribution in [0, 0.1) is 0 Å². The molecule has 0 aliphatic carbocycles. The SMILES string of the molecule is [N-]=[N+]=NS(=O)(=O)c1ccccc1C(F)(F)F. The maximum Gasteiger partial charge on any atom is 0.417 e. The molecule has 0 aliphatic rings. The number of sulfonamides is 1. The predicted molar refractivity (Wildman–Crippen MR) is 47.8 cm³/mol. The lowest BCUT2D eigenvalue weighted by Gasteiger charge is -2.10. The molecule has 0 saturated heterocycles. The first-order chi connectivity index (χ1) is 7.29. The highest BCUT2D eigenvalue weighted by molar-refractivity contribution is 7.90. The van der Waals surface area contributed by atoms with Crippen LogP contribution in [-0.4, -0.2) is 8.42 Å². The number of hydrogen-bond donors (Lipinski definition) is 0. The Labute approximate surface area is 88.2 Å². The van der Waals surface area contributed by atoms with Gasteiger partial charge in [0.25, 0.3) is 10.0 Å². The summed E-state index contributed by atoms with van der Waals surface area (Å²) in [5.41, 5.74) is 6.60. The van der Waals surface area contributed by atoms with Gasteiger partial charge >= 0.3 is 6.18 Å². The topological polar surface area (TPSA) is 82.9 Å². The zero-order chi connectivity index (χ0) is 12.4. The number of nitrogens with zero attached hydrogens (tertiary/aromatic N) is 3. The van der Waals surface area contributed by atoms with Crippen molar-refractivity contribution in [1.82, 2.24) is 0 Å². The molecule has 0 unspecified atom stereocenters. The molecule has 86 valence electrons. The largest absolute Gasteiger partial charge is 0.417 e. The first kappa shape index (κ1) is 12.3. The zero-order valence-electron chi connectivity index (χ0n) is 7.51. The molecule has 0 heterocycles. The van der Waals surface area contributed by atoms with E-state index in [4.69, 9.17) is 5.53 Å². The van der Waals surface area contributed by atoms with E-state index in [0.717, 1.165) is 18.2 Å². The van der Waals surface area contributed by atoms with E-state index in [1.54, 1.807) is 0 Å². The Kier molecular flexibility index (Phi) is 3.11. The number of benzene rings is 1. The smallest absolute Gasteiger partial charge is 0.216 e. The number of halogens is 3. The standard InChI is InChI=1S/C7H4F3N3O2S/c8-7(9,10)5-3-1-2-4-6(5)16(14,15)13-12-11/h1-4H. The molecule has 0 fully saturated rings. The fourth-order valence-electron chi connectivity index (χ4n) is 1.02. The number of hydrogen-bond acceptors (Lipinski definition) is 2. The molecule has 1 aromatic carbocycles. The van der Waals surface area contributed by atoms with Crippen molar-refractivity contribution in [2.75, 3.05) is 0 Å². The monoisotopic (exact) mass is 251 g/mol. The molecule has 16 heavy (non-hydrogen) atoms. The molecule has 0 spiro atoms. The van der Waals surface area contributed by atoms with E-state index in [1.165, 1.54) is 0 Å². The quantitative estimate of drug-likeness (QED) is 0.460. The number of rotatable bonds is 2. The molecule has 0 aromatic heterocycles. The van der Waals surface area contributed by atoms with Crippen molar-refractivity contribution in [2.24, 2.45) is 4.52 Å². The second-order valence-electron chi connectivity index (χ2n) is 2.64. The van der Waals surface area contributed by atoms with Gasteiger partial charge in [-0.25, -0.2) is 8.42 Å². The minimum atomic E-state index is -4.82. The molecular formula is C7H4F3N3O2S. The Bertz CT molecular complexity index is 546. The highest BCUT2D eigenvalue weighted by Crippen LogP contribution is 2.34. The molecule has 1 aromatic rings. The molecule has 0 saturated carbocycles. The van der Waals surface area contributed by atoms with E-state index >= 15 is 0 Å². The summed E-state index contributed by atoms with van der Waals surface area (Å²) >= 11 is 0. The summed E-state index contributed by atoms with van der Waals surface area (Å²) in [6.07, 6.45) is -4.82. The molecule has 0 N–H and O–H groups in total. The van der Waals surface area contributed by atoms with Crippen LogP contribution in [0.1, 0.15) is 5.56 Å². The molecular weight excluding hydrogens is 247 g/mol. The zero-order valence-corrected chi connectivity index (χ0v) is 8.33. The van der Waals surface area contributed by atoms with Gasteiger partial charge in [0.2, 0.25) is 0 Å². The van der Waals surface area contributed by atoms with Crippen LogP contribution < -0.4 is 0 Å². The average Bonchev–Trinajstić information content (AvgIpc) is 2.16. The van der Waals surface area contributed by atoms with Gasteiger partial charge in [-0.2, -0.15) is 13.2 Å². The van der Waals surface area contributed by atoms with Crippen LogP contribution in [0.25, 0.3) is 10.4 Å². The van der Waals surface area contributed by atoms with Crippen molar-refractivity contribution >= 4 is 10.0 Å². The van der Waals surface area contributed by atoms with Gasteiger partial charge in [-0.3, -0.25) is 0 Å². The van der Waals surface area contributed by atoms with Crippen LogP contribution in [0.15, 0.2) is 33.7 Å². The lowest BCUT2D eigenvalue weighted by atomic mass is 10.2. The summed E-state index contributed by atoms with van der Waals surface area (Å²) in [5.74, 6) is 0. The number of alkyl halides is 3. The highest BCUT2D eigenvalue weighted by atomic mass is 32.2. The van der Waals surface area contributed by atoms with Gasteiger partial charge in [-0.05, 0) is 17.7 Å². The fourth-order valence-corrected chi connectivity index (χ4v) is 1.91. The molecule has 1 rings (SSSR count). The normalized spacial score (nSPS) is 11.9. The van der Waals surface area contributed by atoms with E-state index in [0.29, 0.717) is 6.07 Å². The van der Waals surface area contributed by atoms with Gasteiger partial charge < -0.3 is 0 Å². The van der Waals surface area contributed by atoms with Gasteiger partial charge in [0, 0.05) is 9.43 Å². The maximum atomic E-state index is 12.4. The van der Waals surface area contributed by atoms with Crippen LogP contribution in [0.5, 0.6) is 0 Å². The summed E-state index contributed by atoms with van der Waals surface area (Å²) in [7, 11) is -4.64. The van der Waals surface area contributed by atoms with Crippen LogP contribution in [0.3, 0.4) is 0 Å². The third-order valence-corrected chi connectivity index (χ3v) is 2.81. The summed E-state index contributed by atoms with van der Waals surface area (Å²) in [6.45, 7) is 0. The van der Waals surface area contributed by atoms with Gasteiger partial charge in [-0.1, -0.05) is 12.1 Å². The van der Waals surface area contributed by atoms with Gasteiger partial charge in [0.15, 0.2) is 0 Å². The highest BCUT2D eigenvalue weighted by Gasteiger charge is 2.36. The second kappa shape index (κ2) is 4.03. The molecule has 9 heteroatoms. The lowest BCUT2D eigenvalue weighted by molar-refractivity contribution is -0.139. The van der Waals surface area contributed by atoms with Crippen LogP contribution in [-0.2, 0) is 16.2 Å². The van der Waals surface area contributed by atoms with Crippen molar-refractivity contribution in [1.29, 1.82) is 0 Å². The summed E-state index contributed by atoms with van der Waals surface area (Å²) in [4.78, 5) is 0.921. The van der Waals surface area contributed by atoms with Crippen molar-refractivity contribution in [2.45, 2.75) is 11.1 Å². The molecule has 5 nitrogen and oxygen atoms in total. The Morgan fingerprint density at radius 1 is 1.25 bits per heavy atom. The van der Waals surface area contributed by atoms with Gasteiger partial charge in [-0.15, -0.1) is 0 Å². The predicted octanol–water partition coefficient (Wildman–Crippen LogP) is 2.70. The van der Waals surface area contributed by atoms with Gasteiger partial charge in [0.1, 0.15) is 0 Å². The molecule has 0 radical (unpaired) electrons. The fraction of sp³-hybridized carbons (Fsp3) is 0.143. The third kappa shape index (κ3) is 2.44. The van der Waals surface area contributed by atoms with Crippen LogP contribution in [0.2, 0.25) is 0 Å².